The average molecular weight is 468 g/mol. The maximum Gasteiger partial charge on any atom is 0.401 e. The van der Waals surface area contributed by atoms with Crippen LogP contribution in [0, 0.1) is 5.92 Å². The third-order valence-corrected chi connectivity index (χ3v) is 4.39. The molecule has 0 bridgehead atoms. The van der Waals surface area contributed by atoms with Crippen LogP contribution < -0.4 is 10.6 Å². The number of piperidine rings is 1. The normalized spacial score (nSPS) is 17.7. The van der Waals surface area contributed by atoms with Crippen LogP contribution in [0.3, 0.4) is 0 Å². The van der Waals surface area contributed by atoms with Gasteiger partial charge in [-0.1, -0.05) is 0 Å². The Labute approximate surface area is 158 Å². The molecule has 0 amide bonds. The number of alkyl halides is 3. The van der Waals surface area contributed by atoms with Gasteiger partial charge in [-0.2, -0.15) is 24.9 Å². The van der Waals surface area contributed by atoms with Crippen LogP contribution in [-0.2, 0) is 0 Å². The number of halogens is 4. The van der Waals surface area contributed by atoms with Crippen LogP contribution in [-0.4, -0.2) is 68.8 Å². The highest BCUT2D eigenvalue weighted by molar-refractivity contribution is 14.0. The van der Waals surface area contributed by atoms with E-state index in [2.05, 4.69) is 21.9 Å². The Bertz CT molecular complexity index is 334. The molecule has 0 saturated carbocycles. The van der Waals surface area contributed by atoms with E-state index in [9.17, 15) is 13.2 Å². The second-order valence-corrected chi connectivity index (χ2v) is 6.53. The van der Waals surface area contributed by atoms with E-state index < -0.39 is 12.7 Å². The van der Waals surface area contributed by atoms with E-state index in [0.29, 0.717) is 19.0 Å². The van der Waals surface area contributed by atoms with Gasteiger partial charge in [0.2, 0.25) is 0 Å². The van der Waals surface area contributed by atoms with Gasteiger partial charge in [-0.3, -0.25) is 9.89 Å². The number of nitrogens with one attached hydrogen (secondary N) is 2. The Morgan fingerprint density at radius 1 is 1.22 bits per heavy atom. The SMILES string of the molecule is CN=C(NCCSC)NCCC1CCN(CC(F)(F)F)CC1.I. The molecular formula is C14H28F3IN4S. The molecule has 0 aromatic carbocycles. The molecule has 0 aromatic rings. The second-order valence-electron chi connectivity index (χ2n) is 5.54. The minimum atomic E-state index is -4.08. The Morgan fingerprint density at radius 2 is 1.83 bits per heavy atom. The van der Waals surface area contributed by atoms with Gasteiger partial charge in [-0.25, -0.2) is 0 Å². The molecule has 138 valence electrons. The monoisotopic (exact) mass is 468 g/mol. The molecule has 2 N–H and O–H groups in total. The van der Waals surface area contributed by atoms with Gasteiger partial charge < -0.3 is 10.6 Å². The molecule has 1 saturated heterocycles. The van der Waals surface area contributed by atoms with Crippen molar-refractivity contribution in [3.8, 4) is 0 Å². The lowest BCUT2D eigenvalue weighted by molar-refractivity contribution is -0.148. The van der Waals surface area contributed by atoms with E-state index in [1.807, 2.05) is 0 Å². The third kappa shape index (κ3) is 11.3. The van der Waals surface area contributed by atoms with E-state index in [1.54, 1.807) is 18.8 Å². The van der Waals surface area contributed by atoms with Gasteiger partial charge >= 0.3 is 6.18 Å². The van der Waals surface area contributed by atoms with Crippen LogP contribution in [0.1, 0.15) is 19.3 Å². The van der Waals surface area contributed by atoms with Crippen LogP contribution in [0.25, 0.3) is 0 Å². The fourth-order valence-corrected chi connectivity index (χ4v) is 2.88. The molecule has 0 aliphatic carbocycles. The van der Waals surface area contributed by atoms with Crippen LogP contribution >= 0.6 is 35.7 Å². The number of thioether (sulfide) groups is 1. The quantitative estimate of drug-likeness (QED) is 0.261. The Kier molecular flexibility index (Phi) is 12.5. The van der Waals surface area contributed by atoms with Crippen molar-refractivity contribution in [1.82, 2.24) is 15.5 Å². The molecule has 0 radical (unpaired) electrons. The molecule has 0 aromatic heterocycles. The first-order valence-electron chi connectivity index (χ1n) is 7.67. The van der Waals surface area contributed by atoms with E-state index in [1.165, 1.54) is 4.90 Å². The van der Waals surface area contributed by atoms with E-state index in [4.69, 9.17) is 0 Å². The summed E-state index contributed by atoms with van der Waals surface area (Å²) in [5.41, 5.74) is 0. The maximum atomic E-state index is 12.3. The van der Waals surface area contributed by atoms with Crippen LogP contribution in [0.4, 0.5) is 13.2 Å². The first-order chi connectivity index (χ1) is 10.4. The van der Waals surface area contributed by atoms with Crippen LogP contribution in [0.2, 0.25) is 0 Å². The highest BCUT2D eigenvalue weighted by Crippen LogP contribution is 2.23. The first kappa shape index (κ1) is 23.1. The molecule has 9 heteroatoms. The summed E-state index contributed by atoms with van der Waals surface area (Å²) in [4.78, 5) is 5.65. The van der Waals surface area contributed by atoms with Crippen molar-refractivity contribution in [3.05, 3.63) is 0 Å². The lowest BCUT2D eigenvalue weighted by atomic mass is 9.93. The Hall–Kier alpha value is 0.1000. The summed E-state index contributed by atoms with van der Waals surface area (Å²) in [6, 6.07) is 0. The molecule has 0 atom stereocenters. The fourth-order valence-electron chi connectivity index (χ4n) is 2.57. The van der Waals surface area contributed by atoms with Gasteiger partial charge in [-0.15, -0.1) is 24.0 Å². The van der Waals surface area contributed by atoms with Gasteiger partial charge in [0.25, 0.3) is 0 Å². The highest BCUT2D eigenvalue weighted by Gasteiger charge is 2.32. The smallest absolute Gasteiger partial charge is 0.356 e. The molecular weight excluding hydrogens is 440 g/mol. The standard InChI is InChI=1S/C14H27F3N4S.HI/c1-18-13(20-7-10-22-2)19-6-3-12-4-8-21(9-5-12)11-14(15,16)17;/h12H,3-11H2,1-2H3,(H2,18,19,20);1H. The van der Waals surface area contributed by atoms with E-state index in [-0.39, 0.29) is 24.0 Å². The lowest BCUT2D eigenvalue weighted by Gasteiger charge is -2.32. The molecule has 4 nitrogen and oxygen atoms in total. The summed E-state index contributed by atoms with van der Waals surface area (Å²) in [5, 5.41) is 6.49. The summed E-state index contributed by atoms with van der Waals surface area (Å²) in [6.45, 7) is 2.00. The van der Waals surface area contributed by atoms with Crippen molar-refractivity contribution < 1.29 is 13.2 Å². The molecule has 23 heavy (non-hydrogen) atoms. The zero-order valence-electron chi connectivity index (χ0n) is 13.8. The molecule has 1 fully saturated rings. The van der Waals surface area contributed by atoms with Crippen molar-refractivity contribution in [2.75, 3.05) is 51.8 Å². The maximum absolute atomic E-state index is 12.3. The fraction of sp³-hybridized carbons (Fsp3) is 0.929. The van der Waals surface area contributed by atoms with Crippen LogP contribution in [0.5, 0.6) is 0 Å². The van der Waals surface area contributed by atoms with Crippen molar-refractivity contribution in [2.45, 2.75) is 25.4 Å². The number of nitrogens with zero attached hydrogens (tertiary/aromatic N) is 2. The van der Waals surface area contributed by atoms with E-state index >= 15 is 0 Å². The molecule has 1 aliphatic heterocycles. The van der Waals surface area contributed by atoms with E-state index in [0.717, 1.165) is 44.1 Å². The van der Waals surface area contributed by atoms with Gasteiger partial charge in [0, 0.05) is 25.9 Å². The summed E-state index contributed by atoms with van der Waals surface area (Å²) in [5.74, 6) is 2.32. The first-order valence-corrected chi connectivity index (χ1v) is 9.06. The summed E-state index contributed by atoms with van der Waals surface area (Å²) in [6.07, 6.45) is 0.641. The zero-order valence-corrected chi connectivity index (χ0v) is 16.9. The zero-order chi connectivity index (χ0) is 16.4. The number of hydrogen-bond acceptors (Lipinski definition) is 3. The number of guanidine groups is 1. The molecule has 0 spiro atoms. The minimum absolute atomic E-state index is 0. The predicted molar refractivity (Wildman–Crippen MR) is 103 cm³/mol. The van der Waals surface area contributed by atoms with Crippen molar-refractivity contribution >= 4 is 41.7 Å². The molecule has 1 rings (SSSR count). The van der Waals surface area contributed by atoms with Gasteiger partial charge in [0.15, 0.2) is 5.96 Å². The summed E-state index contributed by atoms with van der Waals surface area (Å²) >= 11 is 1.77. The topological polar surface area (TPSA) is 39.7 Å². The van der Waals surface area contributed by atoms with Gasteiger partial charge in [0.1, 0.15) is 0 Å². The second kappa shape index (κ2) is 12.5. The predicted octanol–water partition coefficient (Wildman–Crippen LogP) is 2.80. The van der Waals surface area contributed by atoms with Crippen molar-refractivity contribution in [1.29, 1.82) is 0 Å². The van der Waals surface area contributed by atoms with Crippen LogP contribution in [0.15, 0.2) is 4.99 Å². The van der Waals surface area contributed by atoms with Crippen molar-refractivity contribution in [2.24, 2.45) is 10.9 Å². The number of likely N-dealkylation sites (tertiary alicyclic amines) is 1. The molecule has 1 aliphatic rings. The summed E-state index contributed by atoms with van der Waals surface area (Å²) < 4.78 is 37.0. The average Bonchev–Trinajstić information content (AvgIpc) is 2.46. The minimum Gasteiger partial charge on any atom is -0.356 e. The lowest BCUT2D eigenvalue weighted by Crippen LogP contribution is -2.42. The van der Waals surface area contributed by atoms with Crippen molar-refractivity contribution in [3.63, 3.8) is 0 Å². The Morgan fingerprint density at radius 3 is 2.35 bits per heavy atom. The number of hydrogen-bond donors (Lipinski definition) is 2. The number of aliphatic imine (C=N–C) groups is 1. The molecule has 1 heterocycles. The largest absolute Gasteiger partial charge is 0.401 e. The number of rotatable bonds is 7. The Balaban J connectivity index is 0.00000484. The van der Waals surface area contributed by atoms with Gasteiger partial charge in [0.05, 0.1) is 6.54 Å². The third-order valence-electron chi connectivity index (χ3n) is 3.78. The summed E-state index contributed by atoms with van der Waals surface area (Å²) in [7, 11) is 1.74. The van der Waals surface area contributed by atoms with Gasteiger partial charge in [-0.05, 0) is 44.5 Å². The molecule has 0 unspecified atom stereocenters. The highest BCUT2D eigenvalue weighted by atomic mass is 127.